The predicted octanol–water partition coefficient (Wildman–Crippen LogP) is -1.67. The Morgan fingerprint density at radius 3 is 2.80 bits per heavy atom. The summed E-state index contributed by atoms with van der Waals surface area (Å²) in [5.41, 5.74) is 13.1. The van der Waals surface area contributed by atoms with Gasteiger partial charge in [-0.1, -0.05) is 0 Å². The highest BCUT2D eigenvalue weighted by atomic mass is 15.5. The number of fused-ring (bicyclic) bond motifs is 5. The predicted molar refractivity (Wildman–Crippen MR) is 36.9 cm³/mol. The lowest BCUT2D eigenvalue weighted by molar-refractivity contribution is 0.310. The maximum atomic E-state index is 3.30. The molecule has 3 aliphatic rings. The molecule has 1 saturated carbocycles. The summed E-state index contributed by atoms with van der Waals surface area (Å²) in [6, 6.07) is 2.04. The van der Waals surface area contributed by atoms with Gasteiger partial charge in [-0.15, -0.1) is 0 Å². The van der Waals surface area contributed by atoms with Crippen LogP contribution in [0.15, 0.2) is 0 Å². The van der Waals surface area contributed by atoms with Gasteiger partial charge in [-0.3, -0.25) is 21.7 Å². The summed E-state index contributed by atoms with van der Waals surface area (Å²) >= 11 is 0. The molecule has 4 N–H and O–H groups in total. The van der Waals surface area contributed by atoms with Crippen molar-refractivity contribution in [2.75, 3.05) is 6.54 Å². The van der Waals surface area contributed by atoms with E-state index in [0.717, 1.165) is 12.5 Å². The molecule has 10 heavy (non-hydrogen) atoms. The van der Waals surface area contributed by atoms with Gasteiger partial charge < -0.3 is 0 Å². The Morgan fingerprint density at radius 2 is 1.90 bits per heavy atom. The van der Waals surface area contributed by atoms with E-state index in [2.05, 4.69) is 21.7 Å². The normalized spacial score (nSPS) is 57.6. The van der Waals surface area contributed by atoms with Gasteiger partial charge in [-0.25, -0.2) is 0 Å². The van der Waals surface area contributed by atoms with Gasteiger partial charge >= 0.3 is 0 Å². The van der Waals surface area contributed by atoms with Crippen LogP contribution in [0, 0.1) is 5.92 Å². The molecule has 0 aromatic heterocycles. The first-order valence-corrected chi connectivity index (χ1v) is 3.94. The number of hydrogen-bond donors (Lipinski definition) is 4. The largest absolute Gasteiger partial charge is 0.257 e. The summed E-state index contributed by atoms with van der Waals surface area (Å²) in [4.78, 5) is 0. The number of rotatable bonds is 0. The SMILES string of the molecule is C1NN[C@@H]2[C@@H]1[C@H]1C[C@@H]2NN1. The van der Waals surface area contributed by atoms with Crippen molar-refractivity contribution in [3.8, 4) is 0 Å². The van der Waals surface area contributed by atoms with Gasteiger partial charge in [0, 0.05) is 30.6 Å². The highest BCUT2D eigenvalue weighted by Gasteiger charge is 2.49. The molecule has 4 nitrogen and oxygen atoms in total. The highest BCUT2D eigenvalue weighted by Crippen LogP contribution is 2.31. The molecule has 3 fully saturated rings. The van der Waals surface area contributed by atoms with Gasteiger partial charge in [0.05, 0.1) is 0 Å². The summed E-state index contributed by atoms with van der Waals surface area (Å²) < 4.78 is 0. The van der Waals surface area contributed by atoms with Crippen molar-refractivity contribution >= 4 is 0 Å². The fourth-order valence-corrected chi connectivity index (χ4v) is 2.44. The van der Waals surface area contributed by atoms with Crippen LogP contribution in [0.2, 0.25) is 0 Å². The van der Waals surface area contributed by atoms with Crippen LogP contribution in [-0.2, 0) is 0 Å². The molecule has 0 amide bonds. The molecular weight excluding hydrogens is 128 g/mol. The van der Waals surface area contributed by atoms with E-state index in [9.17, 15) is 0 Å². The molecule has 0 aromatic carbocycles. The van der Waals surface area contributed by atoms with E-state index < -0.39 is 0 Å². The van der Waals surface area contributed by atoms with Crippen molar-refractivity contribution in [3.05, 3.63) is 0 Å². The molecule has 0 spiro atoms. The van der Waals surface area contributed by atoms with Crippen molar-refractivity contribution in [1.82, 2.24) is 21.7 Å². The zero-order chi connectivity index (χ0) is 6.55. The van der Waals surface area contributed by atoms with E-state index in [0.29, 0.717) is 18.1 Å². The summed E-state index contributed by atoms with van der Waals surface area (Å²) in [7, 11) is 0. The smallest absolute Gasteiger partial charge is 0.0436 e. The van der Waals surface area contributed by atoms with Crippen LogP contribution >= 0.6 is 0 Å². The standard InChI is InChI=1S/C6H12N4/c1-4-3-2-7-10-6(3)5(1)9-8-4/h3-10H,1-2H2/t3-,4+,5-,6+/m0/s1. The number of hydrogen-bond acceptors (Lipinski definition) is 4. The number of hydrazine groups is 2. The zero-order valence-electron chi connectivity index (χ0n) is 5.72. The minimum absolute atomic E-state index is 0.657. The van der Waals surface area contributed by atoms with Crippen molar-refractivity contribution in [1.29, 1.82) is 0 Å². The molecule has 0 radical (unpaired) electrons. The second-order valence-corrected chi connectivity index (χ2v) is 3.45. The lowest BCUT2D eigenvalue weighted by atomic mass is 10.0. The first kappa shape index (κ1) is 5.49. The Labute approximate surface area is 59.7 Å². The van der Waals surface area contributed by atoms with Crippen LogP contribution in [-0.4, -0.2) is 24.7 Å². The maximum absolute atomic E-state index is 3.30. The van der Waals surface area contributed by atoms with Crippen LogP contribution < -0.4 is 21.7 Å². The van der Waals surface area contributed by atoms with Gasteiger partial charge in [-0.2, -0.15) is 0 Å². The lowest BCUT2D eigenvalue weighted by Gasteiger charge is -2.24. The summed E-state index contributed by atoms with van der Waals surface area (Å²) in [5, 5.41) is 0. The average molecular weight is 140 g/mol. The zero-order valence-corrected chi connectivity index (χ0v) is 5.72. The summed E-state index contributed by atoms with van der Waals surface area (Å²) in [6.07, 6.45) is 1.30. The second kappa shape index (κ2) is 1.71. The Bertz CT molecular complexity index is 144. The van der Waals surface area contributed by atoms with Gasteiger partial charge in [-0.05, 0) is 6.42 Å². The molecule has 0 aromatic rings. The molecular formula is C6H12N4. The summed E-state index contributed by atoms with van der Waals surface area (Å²) in [6.45, 7) is 1.13. The van der Waals surface area contributed by atoms with Crippen LogP contribution in [0.25, 0.3) is 0 Å². The minimum Gasteiger partial charge on any atom is -0.257 e. The molecule has 2 bridgehead atoms. The van der Waals surface area contributed by atoms with Crippen LogP contribution in [0.5, 0.6) is 0 Å². The van der Waals surface area contributed by atoms with Gasteiger partial charge in [0.1, 0.15) is 0 Å². The molecule has 4 atom stereocenters. The van der Waals surface area contributed by atoms with Crippen molar-refractivity contribution < 1.29 is 0 Å². The molecule has 2 saturated heterocycles. The third-order valence-electron chi connectivity index (χ3n) is 2.98. The van der Waals surface area contributed by atoms with Gasteiger partial charge in [0.2, 0.25) is 0 Å². The third-order valence-corrected chi connectivity index (χ3v) is 2.98. The second-order valence-electron chi connectivity index (χ2n) is 3.45. The fourth-order valence-electron chi connectivity index (χ4n) is 2.44. The topological polar surface area (TPSA) is 48.1 Å². The molecule has 1 aliphatic carbocycles. The van der Waals surface area contributed by atoms with Crippen LogP contribution in [0.3, 0.4) is 0 Å². The van der Waals surface area contributed by atoms with E-state index in [1.165, 1.54) is 6.42 Å². The fraction of sp³-hybridized carbons (Fsp3) is 1.00. The Kier molecular flexibility index (Phi) is 0.936. The van der Waals surface area contributed by atoms with E-state index >= 15 is 0 Å². The minimum atomic E-state index is 0.657. The molecule has 4 heteroatoms. The third kappa shape index (κ3) is 0.509. The molecule has 2 aliphatic heterocycles. The number of nitrogens with one attached hydrogen (secondary N) is 4. The lowest BCUT2D eigenvalue weighted by Crippen LogP contribution is -2.53. The van der Waals surface area contributed by atoms with E-state index in [4.69, 9.17) is 0 Å². The van der Waals surface area contributed by atoms with E-state index in [1.807, 2.05) is 0 Å². The monoisotopic (exact) mass is 140 g/mol. The van der Waals surface area contributed by atoms with Gasteiger partial charge in [0.25, 0.3) is 0 Å². The van der Waals surface area contributed by atoms with Crippen molar-refractivity contribution in [2.24, 2.45) is 5.92 Å². The first-order valence-electron chi connectivity index (χ1n) is 3.94. The van der Waals surface area contributed by atoms with E-state index in [1.54, 1.807) is 0 Å². The Balaban J connectivity index is 1.92. The first-order chi connectivity index (χ1) is 4.95. The molecule has 2 heterocycles. The Hall–Kier alpha value is -0.160. The maximum Gasteiger partial charge on any atom is 0.0436 e. The van der Waals surface area contributed by atoms with Crippen molar-refractivity contribution in [2.45, 2.75) is 24.5 Å². The molecule has 56 valence electrons. The average Bonchev–Trinajstić information content (AvgIpc) is 2.60. The highest BCUT2D eigenvalue weighted by molar-refractivity contribution is 5.08. The van der Waals surface area contributed by atoms with E-state index in [-0.39, 0.29) is 0 Å². The quantitative estimate of drug-likeness (QED) is 0.325. The Morgan fingerprint density at radius 1 is 1.00 bits per heavy atom. The van der Waals surface area contributed by atoms with Crippen molar-refractivity contribution in [3.63, 3.8) is 0 Å². The van der Waals surface area contributed by atoms with Crippen LogP contribution in [0.4, 0.5) is 0 Å². The molecule has 3 rings (SSSR count). The van der Waals surface area contributed by atoms with Crippen LogP contribution in [0.1, 0.15) is 6.42 Å². The molecule has 0 unspecified atom stereocenters. The summed E-state index contributed by atoms with van der Waals surface area (Å²) in [5.74, 6) is 0.811. The van der Waals surface area contributed by atoms with Gasteiger partial charge in [0.15, 0.2) is 0 Å².